The smallest absolute Gasteiger partial charge is 0.336 e. The molecule has 1 amide bonds. The molecule has 0 radical (unpaired) electrons. The maximum absolute atomic E-state index is 13.3. The van der Waals surface area contributed by atoms with Crippen molar-refractivity contribution in [3.05, 3.63) is 88.8 Å². The number of anilines is 1. The fourth-order valence-electron chi connectivity index (χ4n) is 3.86. The molecular weight excluding hydrogens is 401 g/mol. The van der Waals surface area contributed by atoms with Crippen molar-refractivity contribution < 1.29 is 18.3 Å². The van der Waals surface area contributed by atoms with Gasteiger partial charge >= 0.3 is 5.63 Å². The van der Waals surface area contributed by atoms with Gasteiger partial charge in [0.15, 0.2) is 0 Å². The lowest BCUT2D eigenvalue weighted by Crippen LogP contribution is -2.26. The van der Waals surface area contributed by atoms with E-state index in [9.17, 15) is 14.0 Å². The van der Waals surface area contributed by atoms with Crippen LogP contribution in [0.4, 0.5) is 10.1 Å². The van der Waals surface area contributed by atoms with Crippen LogP contribution in [0.25, 0.3) is 16.7 Å². The topological polar surface area (TPSA) is 86.4 Å². The lowest BCUT2D eigenvalue weighted by molar-refractivity contribution is -0.121. The molecule has 0 aliphatic carbocycles. The molecule has 31 heavy (non-hydrogen) atoms. The largest absolute Gasteiger partial charge is 0.423 e. The molecule has 0 saturated carbocycles. The van der Waals surface area contributed by atoms with Gasteiger partial charge in [0.2, 0.25) is 5.91 Å². The van der Waals surface area contributed by atoms with E-state index < -0.39 is 17.6 Å². The number of fused-ring (bicyclic) bond motifs is 1. The van der Waals surface area contributed by atoms with Crippen LogP contribution in [-0.4, -0.2) is 22.3 Å². The molecular formula is C23H18FN3O4. The van der Waals surface area contributed by atoms with Gasteiger partial charge < -0.3 is 14.5 Å². The number of carbonyl (C=O) groups excluding carboxylic acids is 1. The Morgan fingerprint density at radius 1 is 1.10 bits per heavy atom. The van der Waals surface area contributed by atoms with Crippen molar-refractivity contribution in [2.24, 2.45) is 5.92 Å². The summed E-state index contributed by atoms with van der Waals surface area (Å²) in [6, 6.07) is 15.9. The molecule has 1 saturated heterocycles. The molecule has 1 aliphatic heterocycles. The first-order chi connectivity index (χ1) is 15.1. The maximum Gasteiger partial charge on any atom is 0.336 e. The van der Waals surface area contributed by atoms with Gasteiger partial charge in [0.1, 0.15) is 17.5 Å². The molecule has 0 unspecified atom stereocenters. The molecule has 8 heteroatoms. The number of rotatable bonds is 4. The van der Waals surface area contributed by atoms with Crippen LogP contribution in [0, 0.1) is 11.7 Å². The van der Waals surface area contributed by atoms with Gasteiger partial charge in [-0.15, -0.1) is 0 Å². The van der Waals surface area contributed by atoms with Crippen LogP contribution >= 0.6 is 0 Å². The Hall–Kier alpha value is -3.78. The number of benzene rings is 2. The molecule has 5 rings (SSSR count). The first-order valence-electron chi connectivity index (χ1n) is 9.85. The van der Waals surface area contributed by atoms with Crippen molar-refractivity contribution in [3.8, 4) is 5.69 Å². The Kier molecular flexibility index (Phi) is 4.83. The van der Waals surface area contributed by atoms with Crippen LogP contribution < -0.4 is 10.9 Å². The van der Waals surface area contributed by atoms with Gasteiger partial charge in [-0.1, -0.05) is 0 Å². The number of amides is 1. The van der Waals surface area contributed by atoms with Crippen molar-refractivity contribution in [3.63, 3.8) is 0 Å². The van der Waals surface area contributed by atoms with E-state index in [0.29, 0.717) is 35.4 Å². The molecule has 7 nitrogen and oxygen atoms in total. The van der Waals surface area contributed by atoms with Crippen LogP contribution in [0.5, 0.6) is 0 Å². The summed E-state index contributed by atoms with van der Waals surface area (Å²) in [4.78, 5) is 24.4. The highest BCUT2D eigenvalue weighted by atomic mass is 19.1. The van der Waals surface area contributed by atoms with Crippen LogP contribution in [-0.2, 0) is 9.53 Å². The first kappa shape index (κ1) is 19.2. The highest BCUT2D eigenvalue weighted by Gasteiger charge is 2.37. The van der Waals surface area contributed by atoms with E-state index in [-0.39, 0.29) is 11.7 Å². The second-order valence-electron chi connectivity index (χ2n) is 7.33. The van der Waals surface area contributed by atoms with E-state index in [1.165, 1.54) is 18.2 Å². The summed E-state index contributed by atoms with van der Waals surface area (Å²) in [7, 11) is 0. The van der Waals surface area contributed by atoms with Gasteiger partial charge in [0.25, 0.3) is 0 Å². The molecule has 1 fully saturated rings. The lowest BCUT2D eigenvalue weighted by Gasteiger charge is -2.19. The second kappa shape index (κ2) is 7.81. The zero-order valence-corrected chi connectivity index (χ0v) is 16.3. The predicted octanol–water partition coefficient (Wildman–Crippen LogP) is 3.83. The minimum Gasteiger partial charge on any atom is -0.423 e. The van der Waals surface area contributed by atoms with Crippen LogP contribution in [0.1, 0.15) is 18.2 Å². The Balaban J connectivity index is 1.39. The molecule has 1 N–H and O–H groups in total. The highest BCUT2D eigenvalue weighted by Crippen LogP contribution is 2.36. The number of carbonyl (C=O) groups is 1. The first-order valence-corrected chi connectivity index (χ1v) is 9.85. The summed E-state index contributed by atoms with van der Waals surface area (Å²) in [5.74, 6) is -0.923. The van der Waals surface area contributed by atoms with E-state index in [2.05, 4.69) is 10.4 Å². The predicted molar refractivity (Wildman–Crippen MR) is 111 cm³/mol. The van der Waals surface area contributed by atoms with E-state index in [1.807, 2.05) is 0 Å². The normalized spacial score (nSPS) is 18.4. The van der Waals surface area contributed by atoms with Gasteiger partial charge in [0.05, 0.1) is 17.3 Å². The van der Waals surface area contributed by atoms with Crippen molar-refractivity contribution in [1.29, 1.82) is 0 Å². The lowest BCUT2D eigenvalue weighted by atomic mass is 9.97. The average Bonchev–Trinajstić information content (AvgIpc) is 3.43. The zero-order chi connectivity index (χ0) is 21.4. The molecule has 2 aromatic heterocycles. The average molecular weight is 419 g/mol. The number of ether oxygens (including phenoxy) is 1. The molecule has 3 heterocycles. The minimum absolute atomic E-state index is 0.175. The number of nitrogens with zero attached hydrogens (tertiary/aromatic N) is 2. The van der Waals surface area contributed by atoms with Crippen molar-refractivity contribution in [2.75, 3.05) is 11.9 Å². The third-order valence-corrected chi connectivity index (χ3v) is 5.35. The number of halogens is 1. The van der Waals surface area contributed by atoms with Crippen molar-refractivity contribution in [1.82, 2.24) is 9.78 Å². The van der Waals surface area contributed by atoms with Crippen LogP contribution in [0.15, 0.2) is 76.1 Å². The third-order valence-electron chi connectivity index (χ3n) is 5.35. The molecule has 156 valence electrons. The van der Waals surface area contributed by atoms with Gasteiger partial charge in [-0.25, -0.2) is 13.9 Å². The van der Waals surface area contributed by atoms with E-state index in [1.54, 1.807) is 53.3 Å². The SMILES string of the molecule is O=C(Nc1ccc2oc(=O)ccc2c1)[C@H]1CCO[C@@H]1c1ccnn1-c1ccc(F)cc1. The summed E-state index contributed by atoms with van der Waals surface area (Å²) < 4.78 is 26.0. The molecule has 4 aromatic rings. The highest BCUT2D eigenvalue weighted by molar-refractivity contribution is 5.95. The number of nitrogens with one attached hydrogen (secondary N) is 1. The van der Waals surface area contributed by atoms with E-state index >= 15 is 0 Å². The summed E-state index contributed by atoms with van der Waals surface area (Å²) in [5.41, 5.74) is 2.05. The Labute approximate surface area is 176 Å². The maximum atomic E-state index is 13.3. The van der Waals surface area contributed by atoms with Crippen LogP contribution in [0.3, 0.4) is 0 Å². The monoisotopic (exact) mass is 419 g/mol. The zero-order valence-electron chi connectivity index (χ0n) is 16.3. The van der Waals surface area contributed by atoms with Gasteiger partial charge in [0, 0.05) is 29.9 Å². The Morgan fingerprint density at radius 2 is 1.94 bits per heavy atom. The molecule has 0 bridgehead atoms. The standard InChI is InChI=1S/C23H18FN3O4/c24-15-2-5-17(6-3-15)27-19(9-11-25-27)22-18(10-12-30-22)23(29)26-16-4-7-20-14(13-16)1-8-21(28)31-20/h1-9,11,13,18,22H,10,12H2,(H,26,29)/t18-,22-/m0/s1. The van der Waals surface area contributed by atoms with Gasteiger partial charge in [-0.3, -0.25) is 4.79 Å². The number of hydrogen-bond acceptors (Lipinski definition) is 5. The minimum atomic E-state index is -0.481. The summed E-state index contributed by atoms with van der Waals surface area (Å²) >= 11 is 0. The molecule has 0 spiro atoms. The van der Waals surface area contributed by atoms with E-state index in [0.717, 1.165) is 5.69 Å². The summed E-state index contributed by atoms with van der Waals surface area (Å²) in [6.45, 7) is 0.445. The van der Waals surface area contributed by atoms with Crippen molar-refractivity contribution >= 4 is 22.6 Å². The van der Waals surface area contributed by atoms with Gasteiger partial charge in [-0.05, 0) is 61.0 Å². The van der Waals surface area contributed by atoms with Crippen molar-refractivity contribution in [2.45, 2.75) is 12.5 Å². The fraction of sp³-hybridized carbons (Fsp3) is 0.174. The van der Waals surface area contributed by atoms with E-state index in [4.69, 9.17) is 9.15 Å². The fourth-order valence-corrected chi connectivity index (χ4v) is 3.86. The summed E-state index contributed by atoms with van der Waals surface area (Å²) in [5, 5.41) is 7.97. The number of hydrogen-bond donors (Lipinski definition) is 1. The molecule has 2 aromatic carbocycles. The van der Waals surface area contributed by atoms with Crippen LogP contribution in [0.2, 0.25) is 0 Å². The quantitative estimate of drug-likeness (QED) is 0.508. The van der Waals surface area contributed by atoms with Gasteiger partial charge in [-0.2, -0.15) is 5.10 Å². The molecule has 2 atom stereocenters. The summed E-state index contributed by atoms with van der Waals surface area (Å²) in [6.07, 6.45) is 1.71. The third kappa shape index (κ3) is 3.73. The molecule has 1 aliphatic rings. The number of aromatic nitrogens is 2. The second-order valence-corrected chi connectivity index (χ2v) is 7.33. The Bertz CT molecular complexity index is 1310. The Morgan fingerprint density at radius 3 is 2.77 bits per heavy atom.